The van der Waals surface area contributed by atoms with Gasteiger partial charge in [0.05, 0.1) is 17.0 Å². The first-order chi connectivity index (χ1) is 19.2. The average Bonchev–Trinajstić information content (AvgIpc) is 3.40. The number of nitrogens with zero attached hydrogens (tertiary/aromatic N) is 4. The number of hydrogen-bond acceptors (Lipinski definition) is 9. The van der Waals surface area contributed by atoms with Crippen LogP contribution in [0.3, 0.4) is 0 Å². The Balaban J connectivity index is 1.51. The van der Waals surface area contributed by atoms with E-state index in [1.165, 1.54) is 13.1 Å². The van der Waals surface area contributed by atoms with Gasteiger partial charge in [-0.3, -0.25) is 9.59 Å². The summed E-state index contributed by atoms with van der Waals surface area (Å²) in [4.78, 5) is 35.4. The largest absolute Gasteiger partial charge is 0.368 e. The molecule has 0 saturated heterocycles. The Morgan fingerprint density at radius 2 is 1.68 bits per heavy atom. The SMILES string of the molecule is CN(COCC(=O)CN)S(=O)(=O)c1ccccc1-c1ccc2nc(N)nc(C(=O)N3Cc4ccccc4C3)c2c1. The van der Waals surface area contributed by atoms with Crippen molar-refractivity contribution in [1.29, 1.82) is 0 Å². The number of carbonyl (C=O) groups is 2. The Morgan fingerprint density at radius 1 is 1.00 bits per heavy atom. The molecule has 0 radical (unpaired) electrons. The number of ketones is 1. The predicted octanol–water partition coefficient (Wildman–Crippen LogP) is 2.16. The van der Waals surface area contributed by atoms with Gasteiger partial charge in [0.1, 0.15) is 19.0 Å². The van der Waals surface area contributed by atoms with Crippen LogP contribution in [0.15, 0.2) is 71.6 Å². The molecule has 3 aromatic carbocycles. The van der Waals surface area contributed by atoms with Gasteiger partial charge >= 0.3 is 0 Å². The van der Waals surface area contributed by atoms with E-state index >= 15 is 0 Å². The molecule has 0 bridgehead atoms. The van der Waals surface area contributed by atoms with Crippen molar-refractivity contribution in [2.24, 2.45) is 5.73 Å². The Labute approximate surface area is 231 Å². The zero-order valence-electron chi connectivity index (χ0n) is 21.8. The summed E-state index contributed by atoms with van der Waals surface area (Å²) >= 11 is 0. The minimum Gasteiger partial charge on any atom is -0.368 e. The summed E-state index contributed by atoms with van der Waals surface area (Å²) in [5.74, 6) is -0.663. The lowest BCUT2D eigenvalue weighted by molar-refractivity contribution is -0.123. The second kappa shape index (κ2) is 11.1. The van der Waals surface area contributed by atoms with Gasteiger partial charge in [-0.1, -0.05) is 48.5 Å². The lowest BCUT2D eigenvalue weighted by Gasteiger charge is -2.20. The van der Waals surface area contributed by atoms with Crippen molar-refractivity contribution in [3.05, 3.63) is 83.6 Å². The van der Waals surface area contributed by atoms with Crippen LogP contribution in [0.5, 0.6) is 0 Å². The quantitative estimate of drug-likeness (QED) is 0.292. The molecular formula is C28H28N6O5S. The van der Waals surface area contributed by atoms with Crippen molar-refractivity contribution >= 4 is 38.6 Å². The molecule has 0 aliphatic carbocycles. The number of nitrogens with two attached hydrogens (primary N) is 2. The number of ether oxygens (including phenoxy) is 1. The molecule has 0 saturated carbocycles. The molecular weight excluding hydrogens is 532 g/mol. The topological polar surface area (TPSA) is 162 Å². The number of Topliss-reactive ketones (excluding diaryl/α,β-unsaturated/α-hetero) is 1. The monoisotopic (exact) mass is 560 g/mol. The van der Waals surface area contributed by atoms with E-state index in [0.29, 0.717) is 35.1 Å². The molecule has 0 fully saturated rings. The molecule has 0 atom stereocenters. The number of sulfonamides is 1. The van der Waals surface area contributed by atoms with E-state index in [1.54, 1.807) is 41.3 Å². The van der Waals surface area contributed by atoms with Gasteiger partial charge in [0.15, 0.2) is 5.78 Å². The van der Waals surface area contributed by atoms with E-state index in [9.17, 15) is 18.0 Å². The molecule has 2 heterocycles. The van der Waals surface area contributed by atoms with Crippen molar-refractivity contribution in [2.45, 2.75) is 18.0 Å². The number of anilines is 1. The molecule has 12 heteroatoms. The van der Waals surface area contributed by atoms with Gasteiger partial charge in [-0.25, -0.2) is 18.4 Å². The molecule has 40 heavy (non-hydrogen) atoms. The number of rotatable bonds is 9. The average molecular weight is 561 g/mol. The third-order valence-corrected chi connectivity index (χ3v) is 8.53. The van der Waals surface area contributed by atoms with E-state index in [0.717, 1.165) is 15.4 Å². The third kappa shape index (κ3) is 5.29. The lowest BCUT2D eigenvalue weighted by Crippen LogP contribution is -2.31. The summed E-state index contributed by atoms with van der Waals surface area (Å²) in [6, 6.07) is 19.5. The zero-order chi connectivity index (χ0) is 28.4. The van der Waals surface area contributed by atoms with Gasteiger partial charge in [0.25, 0.3) is 5.91 Å². The number of fused-ring (bicyclic) bond motifs is 2. The van der Waals surface area contributed by atoms with E-state index in [4.69, 9.17) is 16.2 Å². The Morgan fingerprint density at radius 3 is 2.38 bits per heavy atom. The number of carbonyl (C=O) groups excluding carboxylic acids is 2. The van der Waals surface area contributed by atoms with E-state index in [2.05, 4.69) is 9.97 Å². The molecule has 206 valence electrons. The summed E-state index contributed by atoms with van der Waals surface area (Å²) in [7, 11) is -2.65. The van der Waals surface area contributed by atoms with Crippen LogP contribution in [-0.4, -0.2) is 66.2 Å². The predicted molar refractivity (Wildman–Crippen MR) is 149 cm³/mol. The first-order valence-electron chi connectivity index (χ1n) is 12.5. The second-order valence-electron chi connectivity index (χ2n) is 9.41. The first-order valence-corrected chi connectivity index (χ1v) is 13.9. The number of nitrogen functional groups attached to an aromatic ring is 1. The number of amides is 1. The minimum atomic E-state index is -4.01. The number of aromatic nitrogens is 2. The molecule has 0 unspecified atom stereocenters. The van der Waals surface area contributed by atoms with Crippen molar-refractivity contribution in [2.75, 3.05) is 32.7 Å². The Hall–Kier alpha value is -4.23. The standard InChI is InChI=1S/C28H28N6O5S/c1-33(17-39-16-21(35)13-29)40(37,38)25-9-5-4-8-22(25)18-10-11-24-23(12-18)26(32-28(30)31-24)27(36)34-14-19-6-2-3-7-20(19)15-34/h2-12H,13-17,29H2,1H3,(H2,30,31,32). The summed E-state index contributed by atoms with van der Waals surface area (Å²) in [6.45, 7) is 0.0968. The van der Waals surface area contributed by atoms with Gasteiger partial charge in [0, 0.05) is 31.1 Å². The highest BCUT2D eigenvalue weighted by atomic mass is 32.2. The normalized spacial score (nSPS) is 13.1. The van der Waals surface area contributed by atoms with Crippen molar-refractivity contribution < 1.29 is 22.7 Å². The van der Waals surface area contributed by atoms with Gasteiger partial charge < -0.3 is 21.1 Å². The summed E-state index contributed by atoms with van der Waals surface area (Å²) in [5, 5.41) is 0.455. The summed E-state index contributed by atoms with van der Waals surface area (Å²) in [5.41, 5.74) is 15.0. The maximum atomic E-state index is 13.6. The first kappa shape index (κ1) is 27.3. The molecule has 1 aliphatic rings. The smallest absolute Gasteiger partial charge is 0.273 e. The van der Waals surface area contributed by atoms with Gasteiger partial charge in [-0.05, 0) is 34.9 Å². The van der Waals surface area contributed by atoms with Crippen LogP contribution in [-0.2, 0) is 32.6 Å². The summed E-state index contributed by atoms with van der Waals surface area (Å²) < 4.78 is 33.2. The number of benzene rings is 3. The van der Waals surface area contributed by atoms with Crippen molar-refractivity contribution in [3.8, 4) is 11.1 Å². The Bertz CT molecular complexity index is 1700. The van der Waals surface area contributed by atoms with Gasteiger partial charge in [-0.2, -0.15) is 4.31 Å². The maximum absolute atomic E-state index is 13.6. The van der Waals surface area contributed by atoms with Gasteiger partial charge in [0.2, 0.25) is 16.0 Å². The third-order valence-electron chi connectivity index (χ3n) is 6.69. The Kier molecular flexibility index (Phi) is 7.59. The fourth-order valence-corrected chi connectivity index (χ4v) is 5.88. The molecule has 1 aromatic heterocycles. The van der Waals surface area contributed by atoms with E-state index in [-0.39, 0.29) is 48.1 Å². The molecule has 4 N–H and O–H groups in total. The fourth-order valence-electron chi connectivity index (χ4n) is 4.62. The maximum Gasteiger partial charge on any atom is 0.273 e. The highest BCUT2D eigenvalue weighted by Crippen LogP contribution is 2.33. The second-order valence-corrected chi connectivity index (χ2v) is 11.4. The zero-order valence-corrected chi connectivity index (χ0v) is 22.6. The highest BCUT2D eigenvalue weighted by molar-refractivity contribution is 7.89. The highest BCUT2D eigenvalue weighted by Gasteiger charge is 2.28. The molecule has 5 rings (SSSR count). The van der Waals surface area contributed by atoms with Crippen LogP contribution in [0.4, 0.5) is 5.95 Å². The lowest BCUT2D eigenvalue weighted by atomic mass is 10.0. The van der Waals surface area contributed by atoms with Crippen LogP contribution in [0.1, 0.15) is 21.6 Å². The van der Waals surface area contributed by atoms with Crippen LogP contribution in [0, 0.1) is 0 Å². The molecule has 11 nitrogen and oxygen atoms in total. The van der Waals surface area contributed by atoms with Crippen LogP contribution >= 0.6 is 0 Å². The van der Waals surface area contributed by atoms with Gasteiger partial charge in [-0.15, -0.1) is 0 Å². The molecule has 1 amide bonds. The molecule has 1 aliphatic heterocycles. The molecule has 0 spiro atoms. The van der Waals surface area contributed by atoms with Crippen molar-refractivity contribution in [1.82, 2.24) is 19.2 Å². The van der Waals surface area contributed by atoms with Crippen LogP contribution in [0.25, 0.3) is 22.0 Å². The summed E-state index contributed by atoms with van der Waals surface area (Å²) in [6.07, 6.45) is 0. The minimum absolute atomic E-state index is 0.0296. The van der Waals surface area contributed by atoms with Crippen molar-refractivity contribution in [3.63, 3.8) is 0 Å². The van der Waals surface area contributed by atoms with E-state index < -0.39 is 10.0 Å². The van der Waals surface area contributed by atoms with Crippen LogP contribution in [0.2, 0.25) is 0 Å². The molecule has 4 aromatic rings. The van der Waals surface area contributed by atoms with E-state index in [1.807, 2.05) is 24.3 Å². The number of hydrogen-bond donors (Lipinski definition) is 2. The van der Waals surface area contributed by atoms with Crippen LogP contribution < -0.4 is 11.5 Å². The fraction of sp³-hybridized carbons (Fsp3) is 0.214.